The minimum Gasteiger partial charge on any atom is -0.504 e. The summed E-state index contributed by atoms with van der Waals surface area (Å²) < 4.78 is 17.5. The summed E-state index contributed by atoms with van der Waals surface area (Å²) in [7, 11) is 0. The maximum absolute atomic E-state index is 12.6. The Morgan fingerprint density at radius 1 is 0.875 bits per heavy atom. The van der Waals surface area contributed by atoms with E-state index in [1.807, 2.05) is 30.3 Å². The summed E-state index contributed by atoms with van der Waals surface area (Å²) in [5.41, 5.74) is 3.46. The highest BCUT2D eigenvalue weighted by Crippen LogP contribution is 2.39. The molecule has 3 aliphatic heterocycles. The van der Waals surface area contributed by atoms with Crippen molar-refractivity contribution in [2.75, 3.05) is 0 Å². The third-order valence-electron chi connectivity index (χ3n) is 6.37. The van der Waals surface area contributed by atoms with Crippen molar-refractivity contribution in [1.82, 2.24) is 0 Å². The summed E-state index contributed by atoms with van der Waals surface area (Å²) in [6.45, 7) is 8.30. The highest BCUT2D eigenvalue weighted by atomic mass is 16.6. The Kier molecular flexibility index (Phi) is 4.63. The van der Waals surface area contributed by atoms with E-state index in [4.69, 9.17) is 14.2 Å². The predicted octanol–water partition coefficient (Wildman–Crippen LogP) is 5.76. The summed E-state index contributed by atoms with van der Waals surface area (Å²) >= 11 is 0. The second-order valence-corrected chi connectivity index (χ2v) is 10.0. The van der Waals surface area contributed by atoms with E-state index < -0.39 is 5.97 Å². The molecule has 0 aromatic heterocycles. The second-order valence-electron chi connectivity index (χ2n) is 10.0. The molecule has 0 radical (unpaired) electrons. The molecule has 0 spiro atoms. The van der Waals surface area contributed by atoms with Gasteiger partial charge in [-0.15, -0.1) is 0 Å². The van der Waals surface area contributed by atoms with Crippen molar-refractivity contribution in [3.8, 4) is 11.5 Å². The monoisotopic (exact) mass is 432 g/mol. The topological polar surface area (TPSA) is 65.0 Å². The first-order valence-corrected chi connectivity index (χ1v) is 11.1. The van der Waals surface area contributed by atoms with Crippen LogP contribution in [0.3, 0.4) is 0 Å². The van der Waals surface area contributed by atoms with Gasteiger partial charge in [-0.1, -0.05) is 12.1 Å². The molecule has 0 aliphatic carbocycles. The highest BCUT2D eigenvalue weighted by molar-refractivity contribution is 6.21. The molecule has 3 heterocycles. The first-order valence-electron chi connectivity index (χ1n) is 11.1. The van der Waals surface area contributed by atoms with Gasteiger partial charge in [0.1, 0.15) is 28.3 Å². The molecule has 166 valence electrons. The molecule has 5 nitrogen and oxygen atoms in total. The van der Waals surface area contributed by atoms with E-state index in [2.05, 4.69) is 27.7 Å². The standard InChI is InChI=1S/C27H28O5/c1-26(2)11-9-17-13-16(5-7-20(17)31-26)14-22-24(28)23(25(29)30-22)19-6-8-21-18(15-19)10-12-27(3,4)32-21/h5-8,13-15,28H,9-12H2,1-4H3/b22-14-. The van der Waals surface area contributed by atoms with E-state index in [0.717, 1.165) is 53.9 Å². The Balaban J connectivity index is 1.45. The SMILES string of the molecule is CC1(C)CCc2cc(/C=C3\OC(=O)C(c4ccc5c(c4)CCC(C)(C)O5)=C3O)ccc2O1. The number of cyclic esters (lactones) is 1. The number of ether oxygens (including phenoxy) is 3. The average molecular weight is 433 g/mol. The largest absolute Gasteiger partial charge is 0.504 e. The third kappa shape index (κ3) is 3.77. The zero-order valence-corrected chi connectivity index (χ0v) is 19.0. The smallest absolute Gasteiger partial charge is 0.348 e. The Hall–Kier alpha value is -3.21. The number of hydrogen-bond acceptors (Lipinski definition) is 5. The minimum absolute atomic E-state index is 0.137. The van der Waals surface area contributed by atoms with E-state index in [1.54, 1.807) is 12.1 Å². The first kappa shape index (κ1) is 20.7. The van der Waals surface area contributed by atoms with E-state index >= 15 is 0 Å². The van der Waals surface area contributed by atoms with E-state index in [-0.39, 0.29) is 28.3 Å². The summed E-state index contributed by atoms with van der Waals surface area (Å²) in [5, 5.41) is 10.8. The molecular formula is C27H28O5. The van der Waals surface area contributed by atoms with Crippen LogP contribution in [0.15, 0.2) is 47.9 Å². The average Bonchev–Trinajstić information content (AvgIpc) is 3.00. The molecule has 0 amide bonds. The predicted molar refractivity (Wildman–Crippen MR) is 123 cm³/mol. The fourth-order valence-electron chi connectivity index (χ4n) is 4.51. The Labute approximate surface area is 188 Å². The maximum Gasteiger partial charge on any atom is 0.348 e. The molecule has 2 aromatic rings. The van der Waals surface area contributed by atoms with Gasteiger partial charge in [-0.25, -0.2) is 4.79 Å². The molecule has 0 fully saturated rings. The molecule has 5 heteroatoms. The van der Waals surface area contributed by atoms with E-state index in [0.29, 0.717) is 5.56 Å². The number of hydrogen-bond donors (Lipinski definition) is 1. The minimum atomic E-state index is -0.547. The zero-order chi connectivity index (χ0) is 22.7. The second kappa shape index (κ2) is 7.16. The molecule has 32 heavy (non-hydrogen) atoms. The van der Waals surface area contributed by atoms with Crippen molar-refractivity contribution in [2.24, 2.45) is 0 Å². The van der Waals surface area contributed by atoms with Crippen LogP contribution in [0.25, 0.3) is 11.6 Å². The normalized spacial score (nSPS) is 22.0. The van der Waals surface area contributed by atoms with Crippen molar-refractivity contribution in [1.29, 1.82) is 0 Å². The lowest BCUT2D eigenvalue weighted by Crippen LogP contribution is -2.32. The van der Waals surface area contributed by atoms with Gasteiger partial charge in [-0.05, 0) is 106 Å². The number of aliphatic hydroxyl groups excluding tert-OH is 1. The van der Waals surface area contributed by atoms with Gasteiger partial charge >= 0.3 is 5.97 Å². The number of fused-ring (bicyclic) bond motifs is 2. The van der Waals surface area contributed by atoms with Crippen LogP contribution in [0.5, 0.6) is 11.5 Å². The number of aliphatic hydroxyl groups is 1. The van der Waals surface area contributed by atoms with Gasteiger partial charge in [-0.3, -0.25) is 0 Å². The molecule has 0 bridgehead atoms. The van der Waals surface area contributed by atoms with Crippen LogP contribution in [0.2, 0.25) is 0 Å². The van der Waals surface area contributed by atoms with Crippen molar-refractivity contribution in [2.45, 2.75) is 64.6 Å². The van der Waals surface area contributed by atoms with Crippen LogP contribution in [-0.4, -0.2) is 22.3 Å². The molecule has 0 saturated heterocycles. The Morgan fingerprint density at radius 2 is 1.47 bits per heavy atom. The summed E-state index contributed by atoms with van der Waals surface area (Å²) in [4.78, 5) is 12.6. The summed E-state index contributed by atoms with van der Waals surface area (Å²) in [6.07, 6.45) is 5.30. The highest BCUT2D eigenvalue weighted by Gasteiger charge is 2.33. The van der Waals surface area contributed by atoms with Crippen LogP contribution < -0.4 is 9.47 Å². The lowest BCUT2D eigenvalue weighted by Gasteiger charge is -2.32. The molecule has 0 atom stereocenters. The Bertz CT molecular complexity index is 1180. The molecule has 3 aliphatic rings. The van der Waals surface area contributed by atoms with Crippen molar-refractivity contribution < 1.29 is 24.1 Å². The number of rotatable bonds is 2. The first-order chi connectivity index (χ1) is 15.1. The molecule has 5 rings (SSSR count). The quantitative estimate of drug-likeness (QED) is 0.611. The van der Waals surface area contributed by atoms with Crippen LogP contribution in [0.4, 0.5) is 0 Å². The van der Waals surface area contributed by atoms with Gasteiger partial charge in [0.2, 0.25) is 0 Å². The number of benzene rings is 2. The van der Waals surface area contributed by atoms with Crippen molar-refractivity contribution in [3.05, 3.63) is 70.2 Å². The third-order valence-corrected chi connectivity index (χ3v) is 6.37. The summed E-state index contributed by atoms with van der Waals surface area (Å²) in [5.74, 6) is 1.19. The van der Waals surface area contributed by atoms with E-state index in [9.17, 15) is 9.90 Å². The van der Waals surface area contributed by atoms with Gasteiger partial charge in [0.25, 0.3) is 0 Å². The Morgan fingerprint density at radius 3 is 2.12 bits per heavy atom. The van der Waals surface area contributed by atoms with Crippen LogP contribution in [-0.2, 0) is 22.4 Å². The van der Waals surface area contributed by atoms with Crippen LogP contribution in [0.1, 0.15) is 62.8 Å². The van der Waals surface area contributed by atoms with Crippen LogP contribution in [0, 0.1) is 0 Å². The van der Waals surface area contributed by atoms with Gasteiger partial charge < -0.3 is 19.3 Å². The van der Waals surface area contributed by atoms with E-state index in [1.165, 1.54) is 0 Å². The van der Waals surface area contributed by atoms with Gasteiger partial charge in [-0.2, -0.15) is 0 Å². The molecule has 1 N–H and O–H groups in total. The maximum atomic E-state index is 12.6. The molecule has 0 unspecified atom stereocenters. The van der Waals surface area contributed by atoms with Crippen molar-refractivity contribution in [3.63, 3.8) is 0 Å². The van der Waals surface area contributed by atoms with Gasteiger partial charge in [0.05, 0.1) is 0 Å². The summed E-state index contributed by atoms with van der Waals surface area (Å²) in [6, 6.07) is 11.4. The lowest BCUT2D eigenvalue weighted by molar-refractivity contribution is -0.131. The molecule has 0 saturated carbocycles. The molecule has 2 aromatic carbocycles. The van der Waals surface area contributed by atoms with Gasteiger partial charge in [0.15, 0.2) is 11.5 Å². The number of carbonyl (C=O) groups excluding carboxylic acids is 1. The number of aryl methyl sites for hydroxylation is 2. The van der Waals surface area contributed by atoms with Gasteiger partial charge in [0, 0.05) is 0 Å². The van der Waals surface area contributed by atoms with Crippen molar-refractivity contribution >= 4 is 17.6 Å². The number of esters is 1. The van der Waals surface area contributed by atoms with Crippen LogP contribution >= 0.6 is 0 Å². The fraction of sp³-hybridized carbons (Fsp3) is 0.370. The zero-order valence-electron chi connectivity index (χ0n) is 19.0. The lowest BCUT2D eigenvalue weighted by atomic mass is 9.92. The fourth-order valence-corrected chi connectivity index (χ4v) is 4.51. The molecular weight excluding hydrogens is 404 g/mol. The number of carbonyl (C=O) groups is 1.